The van der Waals surface area contributed by atoms with Gasteiger partial charge in [0.15, 0.2) is 0 Å². The van der Waals surface area contributed by atoms with Gasteiger partial charge in [-0.1, -0.05) is 0 Å². The Bertz CT molecular complexity index is 95.2. The van der Waals surface area contributed by atoms with Gasteiger partial charge in [0, 0.05) is 0 Å². The van der Waals surface area contributed by atoms with Crippen LogP contribution in [0.2, 0.25) is 0 Å². The molecular weight excluding hydrogens is 84.1 g/mol. The molecule has 0 radical (unpaired) electrons. The van der Waals surface area contributed by atoms with E-state index in [0.29, 0.717) is 0 Å². The van der Waals surface area contributed by atoms with Gasteiger partial charge in [0.2, 0.25) is 0 Å². The number of hydrogen-bond donors (Lipinski definition) is 0. The zero-order chi connectivity index (χ0) is 4.43. The summed E-state index contributed by atoms with van der Waals surface area (Å²) in [4.78, 5) is 0. The van der Waals surface area contributed by atoms with E-state index in [1.165, 1.54) is 23.7 Å². The van der Waals surface area contributed by atoms with Crippen molar-refractivity contribution in [3.05, 3.63) is 0 Å². The van der Waals surface area contributed by atoms with Gasteiger partial charge < -0.3 is 0 Å². The average molecular weight is 94.2 g/mol. The molecule has 0 aromatic rings. The van der Waals surface area contributed by atoms with Gasteiger partial charge in [-0.25, -0.2) is 0 Å². The Labute approximate surface area is 43.9 Å². The summed E-state index contributed by atoms with van der Waals surface area (Å²) in [6, 6.07) is 0. The first-order valence-corrected chi connectivity index (χ1v) is 3.45. The van der Waals surface area contributed by atoms with Crippen LogP contribution in [0, 0.1) is 23.7 Å². The molecule has 0 spiro atoms. The fourth-order valence-corrected chi connectivity index (χ4v) is 2.73. The van der Waals surface area contributed by atoms with Gasteiger partial charge in [-0.2, -0.15) is 0 Å². The van der Waals surface area contributed by atoms with E-state index >= 15 is 0 Å². The van der Waals surface area contributed by atoms with E-state index < -0.39 is 0 Å². The smallest absolute Gasteiger partial charge is 0.0352 e. The Hall–Kier alpha value is 0. The van der Waals surface area contributed by atoms with E-state index in [9.17, 15) is 0 Å². The highest BCUT2D eigenvalue weighted by molar-refractivity contribution is 5.10. The fourth-order valence-electron chi connectivity index (χ4n) is 2.73. The third-order valence-electron chi connectivity index (χ3n) is 3.31. The summed E-state index contributed by atoms with van der Waals surface area (Å²) >= 11 is 0. The quantitative estimate of drug-likeness (QED) is 0.428. The molecule has 0 aromatic heterocycles. The molecule has 0 aliphatic heterocycles. The fraction of sp³-hybridized carbons (Fsp3) is 1.00. The second kappa shape index (κ2) is 0.667. The van der Waals surface area contributed by atoms with E-state index in [0.717, 1.165) is 0 Å². The second-order valence-electron chi connectivity index (χ2n) is 3.55. The van der Waals surface area contributed by atoms with Crippen LogP contribution in [0.4, 0.5) is 0 Å². The van der Waals surface area contributed by atoms with Crippen LogP contribution in [0.5, 0.6) is 0 Å². The summed E-state index contributed by atoms with van der Waals surface area (Å²) in [5.41, 5.74) is 0. The van der Waals surface area contributed by atoms with Gasteiger partial charge in [0.05, 0.1) is 0 Å². The lowest BCUT2D eigenvalue weighted by atomic mass is 9.79. The summed E-state index contributed by atoms with van der Waals surface area (Å²) in [6.45, 7) is 0. The highest BCUT2D eigenvalue weighted by Crippen LogP contribution is 2.69. The Balaban J connectivity index is 2.09. The zero-order valence-corrected chi connectivity index (χ0v) is 4.43. The summed E-state index contributed by atoms with van der Waals surface area (Å²) in [5.74, 6) is 4.97. The molecular formula is C7H10. The van der Waals surface area contributed by atoms with Gasteiger partial charge in [-0.15, -0.1) is 0 Å². The predicted molar refractivity (Wildman–Crippen MR) is 27.8 cm³/mol. The van der Waals surface area contributed by atoms with Crippen molar-refractivity contribution in [1.82, 2.24) is 0 Å². The lowest BCUT2D eigenvalue weighted by Crippen LogP contribution is -2.16. The first kappa shape index (κ1) is 3.11. The standard InChI is InChI=1S/C7H10/c1-4-2-5(1)7-3-6(4)7/h4-7H,1-3H2/t4?,5?,6-,7+. The van der Waals surface area contributed by atoms with E-state index in [4.69, 9.17) is 0 Å². The molecule has 2 bridgehead atoms. The van der Waals surface area contributed by atoms with Crippen molar-refractivity contribution in [1.29, 1.82) is 0 Å². The molecule has 0 unspecified atom stereocenters. The van der Waals surface area contributed by atoms with Crippen LogP contribution < -0.4 is 0 Å². The van der Waals surface area contributed by atoms with Crippen molar-refractivity contribution < 1.29 is 0 Å². The van der Waals surface area contributed by atoms with Crippen LogP contribution >= 0.6 is 0 Å². The van der Waals surface area contributed by atoms with Gasteiger partial charge in [0.25, 0.3) is 0 Å². The maximum absolute atomic E-state index is 1.62. The van der Waals surface area contributed by atoms with Crippen LogP contribution in [0.3, 0.4) is 0 Å². The van der Waals surface area contributed by atoms with Crippen LogP contribution in [0.15, 0.2) is 0 Å². The summed E-state index contributed by atoms with van der Waals surface area (Å²) in [6.07, 6.45) is 4.86. The van der Waals surface area contributed by atoms with E-state index in [1.54, 1.807) is 19.3 Å². The van der Waals surface area contributed by atoms with Gasteiger partial charge in [0.1, 0.15) is 0 Å². The Morgan fingerprint density at radius 3 is 1.43 bits per heavy atom. The molecule has 4 fully saturated rings. The molecule has 0 heterocycles. The molecule has 2 atom stereocenters. The summed E-state index contributed by atoms with van der Waals surface area (Å²) < 4.78 is 0. The first-order valence-electron chi connectivity index (χ1n) is 3.45. The van der Waals surface area contributed by atoms with Crippen molar-refractivity contribution in [2.75, 3.05) is 0 Å². The van der Waals surface area contributed by atoms with Crippen LogP contribution in [0.25, 0.3) is 0 Å². The molecule has 4 aliphatic carbocycles. The predicted octanol–water partition coefficient (Wildman–Crippen LogP) is 1.66. The second-order valence-corrected chi connectivity index (χ2v) is 3.55. The van der Waals surface area contributed by atoms with Gasteiger partial charge in [-0.3, -0.25) is 0 Å². The van der Waals surface area contributed by atoms with E-state index in [1.807, 2.05) is 0 Å². The van der Waals surface area contributed by atoms with Gasteiger partial charge in [-0.05, 0) is 42.9 Å². The SMILES string of the molecule is C1C2CC1[C@@H]1C[C@H]21. The maximum Gasteiger partial charge on any atom is -0.0352 e. The van der Waals surface area contributed by atoms with Crippen molar-refractivity contribution in [3.63, 3.8) is 0 Å². The molecule has 38 valence electrons. The average Bonchev–Trinajstić information content (AvgIpc) is 2.10. The zero-order valence-electron chi connectivity index (χ0n) is 4.43. The Morgan fingerprint density at radius 2 is 1.29 bits per heavy atom. The topological polar surface area (TPSA) is 0 Å². The molecule has 4 saturated carbocycles. The monoisotopic (exact) mass is 94.1 g/mol. The maximum atomic E-state index is 1.62. The number of hydrogen-bond acceptors (Lipinski definition) is 0. The highest BCUT2D eigenvalue weighted by Gasteiger charge is 2.61. The van der Waals surface area contributed by atoms with E-state index in [-0.39, 0.29) is 0 Å². The normalized spacial score (nSPS) is 72.0. The molecule has 0 amide bonds. The third-order valence-corrected chi connectivity index (χ3v) is 3.31. The Morgan fingerprint density at radius 1 is 0.714 bits per heavy atom. The lowest BCUT2D eigenvalue weighted by Gasteiger charge is -2.27. The lowest BCUT2D eigenvalue weighted by molar-refractivity contribution is 0.238. The Kier molecular flexibility index (Phi) is 0.296. The molecule has 0 heteroatoms. The number of rotatable bonds is 0. The molecule has 0 aromatic carbocycles. The minimum atomic E-state index is 1.23. The van der Waals surface area contributed by atoms with Crippen molar-refractivity contribution in [2.45, 2.75) is 19.3 Å². The minimum Gasteiger partial charge on any atom is -0.0470 e. The molecule has 7 heavy (non-hydrogen) atoms. The minimum absolute atomic E-state index is 1.23. The molecule has 4 aliphatic rings. The summed E-state index contributed by atoms with van der Waals surface area (Å²) in [7, 11) is 0. The summed E-state index contributed by atoms with van der Waals surface area (Å²) in [5, 5.41) is 0. The third kappa shape index (κ3) is 0.198. The van der Waals surface area contributed by atoms with Gasteiger partial charge >= 0.3 is 0 Å². The van der Waals surface area contributed by atoms with Crippen LogP contribution in [-0.2, 0) is 0 Å². The highest BCUT2D eigenvalue weighted by atomic mass is 14.7. The van der Waals surface area contributed by atoms with Crippen LogP contribution in [0.1, 0.15) is 19.3 Å². The largest absolute Gasteiger partial charge is 0.0470 e. The molecule has 0 nitrogen and oxygen atoms in total. The first-order chi connectivity index (χ1) is 3.45. The molecule has 0 saturated heterocycles. The van der Waals surface area contributed by atoms with Crippen LogP contribution in [-0.4, -0.2) is 0 Å². The van der Waals surface area contributed by atoms with Crippen molar-refractivity contribution in [2.24, 2.45) is 23.7 Å². The van der Waals surface area contributed by atoms with Crippen molar-refractivity contribution in [3.8, 4) is 0 Å². The van der Waals surface area contributed by atoms with Crippen molar-refractivity contribution >= 4 is 0 Å². The molecule has 4 rings (SSSR count). The van der Waals surface area contributed by atoms with E-state index in [2.05, 4.69) is 0 Å². The molecule has 0 N–H and O–H groups in total.